The van der Waals surface area contributed by atoms with Crippen molar-refractivity contribution in [1.29, 1.82) is 0 Å². The van der Waals surface area contributed by atoms with Crippen molar-refractivity contribution in [1.82, 2.24) is 10.6 Å². The second-order valence-electron chi connectivity index (χ2n) is 8.72. The summed E-state index contributed by atoms with van der Waals surface area (Å²) in [5.41, 5.74) is 5.75. The van der Waals surface area contributed by atoms with E-state index in [4.69, 9.17) is 4.74 Å². The van der Waals surface area contributed by atoms with Crippen LogP contribution in [0, 0.1) is 0 Å². The number of ether oxygens (including phenoxy) is 1. The van der Waals surface area contributed by atoms with E-state index in [9.17, 15) is 0 Å². The summed E-state index contributed by atoms with van der Waals surface area (Å²) in [6.45, 7) is 2.85. The Hall–Kier alpha value is -1.26. The lowest BCUT2D eigenvalue weighted by Gasteiger charge is -2.34. The molecule has 2 aliphatic heterocycles. The van der Waals surface area contributed by atoms with Crippen LogP contribution in [-0.4, -0.2) is 19.2 Å². The van der Waals surface area contributed by atoms with Crippen LogP contribution in [0.5, 0.6) is 5.75 Å². The maximum Gasteiger partial charge on any atom is 0.127 e. The highest BCUT2D eigenvalue weighted by molar-refractivity contribution is 5.85. The number of hydrogen-bond acceptors (Lipinski definition) is 3. The van der Waals surface area contributed by atoms with Crippen LogP contribution in [0.2, 0.25) is 0 Å². The molecule has 0 spiro atoms. The van der Waals surface area contributed by atoms with Gasteiger partial charge in [-0.1, -0.05) is 55.3 Å². The molecule has 1 aliphatic carbocycles. The maximum atomic E-state index is 6.04. The highest BCUT2D eigenvalue weighted by Gasteiger charge is 2.27. The summed E-state index contributed by atoms with van der Waals surface area (Å²) < 4.78 is 6.04. The fraction of sp³-hybridized carbons (Fsp3) is 0.520. The van der Waals surface area contributed by atoms with Crippen LogP contribution in [0.4, 0.5) is 0 Å². The van der Waals surface area contributed by atoms with Gasteiger partial charge in [-0.3, -0.25) is 0 Å². The number of nitrogens with one attached hydrogen (secondary N) is 2. The Morgan fingerprint density at radius 3 is 2.53 bits per heavy atom. The standard InChI is InChI=1S/C25H32N2O.2ClH/c1-2-9-19(10-3-1)24-23(11-6-13-26-24)27-17-22-16-21(18-7-4-5-8-18)15-20-12-14-28-25(20)22;;/h1-3,9-10,15-16,18,23-24,26-27H,4-8,11-14,17H2;2*1H/t23-,24-;;/m0../s1. The Bertz CT molecular complexity index is 808. The molecule has 2 atom stereocenters. The van der Waals surface area contributed by atoms with Crippen molar-refractivity contribution in [2.24, 2.45) is 0 Å². The smallest absolute Gasteiger partial charge is 0.127 e. The van der Waals surface area contributed by atoms with E-state index in [0.29, 0.717) is 12.1 Å². The number of hydrogen-bond donors (Lipinski definition) is 2. The molecule has 1 saturated carbocycles. The predicted molar refractivity (Wildman–Crippen MR) is 128 cm³/mol. The lowest BCUT2D eigenvalue weighted by atomic mass is 9.91. The molecule has 1 saturated heterocycles. The van der Waals surface area contributed by atoms with Gasteiger partial charge in [0.1, 0.15) is 5.75 Å². The predicted octanol–water partition coefficient (Wildman–Crippen LogP) is 5.71. The molecule has 2 aromatic carbocycles. The molecule has 5 heteroatoms. The third kappa shape index (κ3) is 4.96. The zero-order valence-corrected chi connectivity index (χ0v) is 19.2. The van der Waals surface area contributed by atoms with E-state index >= 15 is 0 Å². The van der Waals surface area contributed by atoms with Gasteiger partial charge >= 0.3 is 0 Å². The van der Waals surface area contributed by atoms with Gasteiger partial charge in [0, 0.05) is 30.6 Å². The molecule has 3 aliphatic rings. The van der Waals surface area contributed by atoms with Crippen molar-refractivity contribution in [3.63, 3.8) is 0 Å². The van der Waals surface area contributed by atoms with E-state index in [2.05, 4.69) is 53.1 Å². The van der Waals surface area contributed by atoms with Crippen LogP contribution in [0.1, 0.15) is 72.7 Å². The van der Waals surface area contributed by atoms with E-state index in [0.717, 1.165) is 37.8 Å². The third-order valence-electron chi connectivity index (χ3n) is 6.88. The Morgan fingerprint density at radius 2 is 1.73 bits per heavy atom. The SMILES string of the molecule is Cl.Cl.c1ccc([C@@H]2NCCC[C@@H]2NCc2cc(C3CCCC3)cc3c2OCC3)cc1. The normalized spacial score (nSPS) is 23.2. The highest BCUT2D eigenvalue weighted by Crippen LogP contribution is 2.39. The van der Waals surface area contributed by atoms with Crippen LogP contribution in [-0.2, 0) is 13.0 Å². The summed E-state index contributed by atoms with van der Waals surface area (Å²) in [7, 11) is 0. The van der Waals surface area contributed by atoms with Gasteiger partial charge in [0.25, 0.3) is 0 Å². The Labute approximate surface area is 193 Å². The first-order chi connectivity index (χ1) is 13.9. The van der Waals surface area contributed by atoms with Crippen molar-refractivity contribution < 1.29 is 4.74 Å². The quantitative estimate of drug-likeness (QED) is 0.614. The van der Waals surface area contributed by atoms with E-state index < -0.39 is 0 Å². The van der Waals surface area contributed by atoms with Gasteiger partial charge in [0.15, 0.2) is 0 Å². The minimum Gasteiger partial charge on any atom is -0.493 e. The third-order valence-corrected chi connectivity index (χ3v) is 6.88. The largest absolute Gasteiger partial charge is 0.493 e. The average molecular weight is 449 g/mol. The zero-order valence-electron chi connectivity index (χ0n) is 17.6. The van der Waals surface area contributed by atoms with Gasteiger partial charge < -0.3 is 15.4 Å². The second kappa shape index (κ2) is 10.9. The van der Waals surface area contributed by atoms with Crippen LogP contribution >= 0.6 is 24.8 Å². The summed E-state index contributed by atoms with van der Waals surface area (Å²) >= 11 is 0. The number of piperidine rings is 1. The monoisotopic (exact) mass is 448 g/mol. The van der Waals surface area contributed by atoms with E-state index in [1.165, 1.54) is 55.2 Å². The van der Waals surface area contributed by atoms with Gasteiger partial charge in [-0.2, -0.15) is 0 Å². The molecule has 3 nitrogen and oxygen atoms in total. The molecule has 2 N–H and O–H groups in total. The summed E-state index contributed by atoms with van der Waals surface area (Å²) in [5.74, 6) is 1.92. The first-order valence-corrected chi connectivity index (χ1v) is 11.2. The van der Waals surface area contributed by atoms with E-state index in [1.54, 1.807) is 5.56 Å². The maximum absolute atomic E-state index is 6.04. The topological polar surface area (TPSA) is 33.3 Å². The lowest BCUT2D eigenvalue weighted by Crippen LogP contribution is -2.45. The molecule has 0 aromatic heterocycles. The molecule has 0 amide bonds. The van der Waals surface area contributed by atoms with Crippen molar-refractivity contribution >= 4 is 24.8 Å². The van der Waals surface area contributed by atoms with Crippen molar-refractivity contribution in [2.45, 2.75) is 69.5 Å². The summed E-state index contributed by atoms with van der Waals surface area (Å²) in [6, 6.07) is 16.6. The van der Waals surface area contributed by atoms with Crippen molar-refractivity contribution in [3.8, 4) is 5.75 Å². The second-order valence-corrected chi connectivity index (χ2v) is 8.72. The molecule has 2 fully saturated rings. The summed E-state index contributed by atoms with van der Waals surface area (Å²) in [4.78, 5) is 0. The molecule has 30 heavy (non-hydrogen) atoms. The van der Waals surface area contributed by atoms with Crippen molar-refractivity contribution in [2.75, 3.05) is 13.2 Å². The molecule has 0 radical (unpaired) electrons. The van der Waals surface area contributed by atoms with E-state index in [1.807, 2.05) is 0 Å². The fourth-order valence-electron chi connectivity index (χ4n) is 5.40. The molecular formula is C25H34Cl2N2O. The number of benzene rings is 2. The summed E-state index contributed by atoms with van der Waals surface area (Å²) in [6.07, 6.45) is 9.01. The van der Waals surface area contributed by atoms with Crippen LogP contribution in [0.15, 0.2) is 42.5 Å². The van der Waals surface area contributed by atoms with Gasteiger partial charge in [0.2, 0.25) is 0 Å². The van der Waals surface area contributed by atoms with Gasteiger partial charge in [-0.05, 0) is 54.8 Å². The molecular weight excluding hydrogens is 415 g/mol. The number of halogens is 2. The zero-order chi connectivity index (χ0) is 18.8. The first kappa shape index (κ1) is 23.4. The molecule has 0 unspecified atom stereocenters. The van der Waals surface area contributed by atoms with Crippen molar-refractivity contribution in [3.05, 3.63) is 64.7 Å². The molecule has 0 bridgehead atoms. The number of fused-ring (bicyclic) bond motifs is 1. The van der Waals surface area contributed by atoms with Gasteiger partial charge in [-0.25, -0.2) is 0 Å². The van der Waals surface area contributed by atoms with E-state index in [-0.39, 0.29) is 24.8 Å². The molecule has 164 valence electrons. The van der Waals surface area contributed by atoms with Gasteiger partial charge in [0.05, 0.1) is 6.61 Å². The number of rotatable bonds is 5. The molecule has 5 rings (SSSR count). The Kier molecular flexibility index (Phi) is 8.47. The van der Waals surface area contributed by atoms with Crippen LogP contribution < -0.4 is 15.4 Å². The fourth-order valence-corrected chi connectivity index (χ4v) is 5.40. The average Bonchev–Trinajstić information content (AvgIpc) is 3.44. The highest BCUT2D eigenvalue weighted by atomic mass is 35.5. The summed E-state index contributed by atoms with van der Waals surface area (Å²) in [5, 5.41) is 7.63. The molecule has 2 heterocycles. The lowest BCUT2D eigenvalue weighted by molar-refractivity contribution is 0.301. The minimum absolute atomic E-state index is 0. The minimum atomic E-state index is 0. The molecule has 2 aromatic rings. The van der Waals surface area contributed by atoms with Crippen LogP contribution in [0.25, 0.3) is 0 Å². The first-order valence-electron chi connectivity index (χ1n) is 11.2. The Morgan fingerprint density at radius 1 is 0.933 bits per heavy atom. The van der Waals surface area contributed by atoms with Crippen LogP contribution in [0.3, 0.4) is 0 Å². The van der Waals surface area contributed by atoms with Gasteiger partial charge in [-0.15, -0.1) is 24.8 Å². The Balaban J connectivity index is 0.00000128.